The Balaban J connectivity index is 2.84. The quantitative estimate of drug-likeness (QED) is 0.740. The Bertz CT molecular complexity index is 524. The zero-order valence-corrected chi connectivity index (χ0v) is 11.6. The molecule has 19 heavy (non-hydrogen) atoms. The monoisotopic (exact) mass is 287 g/mol. The van der Waals surface area contributed by atoms with Gasteiger partial charge in [-0.3, -0.25) is 4.79 Å². The van der Waals surface area contributed by atoms with Crippen LogP contribution < -0.4 is 4.72 Å². The highest BCUT2D eigenvalue weighted by Crippen LogP contribution is 2.12. The van der Waals surface area contributed by atoms with Gasteiger partial charge in [0.1, 0.15) is 11.8 Å². The van der Waals surface area contributed by atoms with E-state index in [1.165, 1.54) is 12.1 Å². The van der Waals surface area contributed by atoms with Gasteiger partial charge in [0.15, 0.2) is 0 Å². The molecule has 2 N–H and O–H groups in total. The van der Waals surface area contributed by atoms with Gasteiger partial charge < -0.3 is 9.84 Å². The Morgan fingerprint density at radius 1 is 1.37 bits per heavy atom. The number of sulfonamides is 1. The van der Waals surface area contributed by atoms with E-state index in [1.54, 1.807) is 19.1 Å². The van der Waals surface area contributed by atoms with Crippen molar-refractivity contribution in [3.05, 3.63) is 29.8 Å². The van der Waals surface area contributed by atoms with Gasteiger partial charge in [-0.2, -0.15) is 0 Å². The summed E-state index contributed by atoms with van der Waals surface area (Å²) in [6.45, 7) is 1.83. The number of carbonyl (C=O) groups is 1. The second-order valence-electron chi connectivity index (χ2n) is 4.07. The van der Waals surface area contributed by atoms with Gasteiger partial charge in [0.25, 0.3) is 0 Å². The van der Waals surface area contributed by atoms with E-state index in [0.717, 1.165) is 6.26 Å². The second kappa shape index (κ2) is 6.53. The van der Waals surface area contributed by atoms with Gasteiger partial charge in [-0.25, -0.2) is 13.1 Å². The molecule has 0 saturated carbocycles. The molecule has 0 saturated heterocycles. The van der Waals surface area contributed by atoms with Gasteiger partial charge >= 0.3 is 5.97 Å². The summed E-state index contributed by atoms with van der Waals surface area (Å²) in [6, 6.07) is 5.20. The molecule has 0 aliphatic rings. The minimum atomic E-state index is -3.52. The summed E-state index contributed by atoms with van der Waals surface area (Å²) >= 11 is 0. The number of phenols is 1. The molecular formula is C12H17NO5S. The highest BCUT2D eigenvalue weighted by atomic mass is 32.2. The summed E-state index contributed by atoms with van der Waals surface area (Å²) in [4.78, 5) is 11.7. The number of hydrogen-bond acceptors (Lipinski definition) is 5. The normalized spacial score (nSPS) is 12.9. The van der Waals surface area contributed by atoms with Crippen molar-refractivity contribution in [1.29, 1.82) is 0 Å². The van der Waals surface area contributed by atoms with E-state index in [9.17, 15) is 13.2 Å². The third-order valence-electron chi connectivity index (χ3n) is 2.30. The average molecular weight is 287 g/mol. The first-order chi connectivity index (χ1) is 8.81. The Morgan fingerprint density at radius 3 is 2.42 bits per heavy atom. The highest BCUT2D eigenvalue weighted by molar-refractivity contribution is 7.88. The fourth-order valence-electron chi connectivity index (χ4n) is 1.54. The molecule has 0 aliphatic carbocycles. The maximum Gasteiger partial charge on any atom is 0.324 e. The lowest BCUT2D eigenvalue weighted by Crippen LogP contribution is -2.42. The van der Waals surface area contributed by atoms with Crippen molar-refractivity contribution in [1.82, 2.24) is 4.72 Å². The molecule has 0 fully saturated rings. The Morgan fingerprint density at radius 2 is 1.95 bits per heavy atom. The summed E-state index contributed by atoms with van der Waals surface area (Å²) < 4.78 is 29.5. The lowest BCUT2D eigenvalue weighted by molar-refractivity contribution is -0.145. The maximum atomic E-state index is 11.7. The van der Waals surface area contributed by atoms with Crippen molar-refractivity contribution in [2.24, 2.45) is 0 Å². The molecule has 1 aromatic carbocycles. The first kappa shape index (κ1) is 15.5. The predicted molar refractivity (Wildman–Crippen MR) is 70.2 cm³/mol. The van der Waals surface area contributed by atoms with Crippen LogP contribution in [0, 0.1) is 0 Å². The highest BCUT2D eigenvalue weighted by Gasteiger charge is 2.23. The standard InChI is InChI=1S/C12H17NO5S/c1-3-18-12(15)11(13-19(2,16)17)8-9-4-6-10(14)7-5-9/h4-7,11,13-14H,3,8H2,1-2H3/t11-/m0/s1. The van der Waals surface area contributed by atoms with Gasteiger partial charge in [0, 0.05) is 0 Å². The van der Waals surface area contributed by atoms with Crippen molar-refractivity contribution >= 4 is 16.0 Å². The van der Waals surface area contributed by atoms with Crippen molar-refractivity contribution in [3.63, 3.8) is 0 Å². The maximum absolute atomic E-state index is 11.7. The molecule has 0 aromatic heterocycles. The lowest BCUT2D eigenvalue weighted by atomic mass is 10.1. The molecule has 6 nitrogen and oxygen atoms in total. The molecule has 0 amide bonds. The van der Waals surface area contributed by atoms with Crippen LogP contribution in [-0.4, -0.2) is 38.4 Å². The molecule has 0 heterocycles. The van der Waals surface area contributed by atoms with Crippen LogP contribution in [0.2, 0.25) is 0 Å². The van der Waals surface area contributed by atoms with Crippen molar-refractivity contribution in [2.75, 3.05) is 12.9 Å². The number of hydrogen-bond donors (Lipinski definition) is 2. The summed E-state index contributed by atoms with van der Waals surface area (Å²) in [5.74, 6) is -0.520. The molecule has 1 atom stereocenters. The number of carbonyl (C=O) groups excluding carboxylic acids is 1. The number of ether oxygens (including phenoxy) is 1. The number of rotatable bonds is 6. The Labute approximate surface area is 112 Å². The number of phenolic OH excluding ortho intramolecular Hbond substituents is 1. The van der Waals surface area contributed by atoms with Crippen LogP contribution >= 0.6 is 0 Å². The van der Waals surface area contributed by atoms with Crippen LogP contribution in [0.1, 0.15) is 12.5 Å². The largest absolute Gasteiger partial charge is 0.508 e. The van der Waals surface area contributed by atoms with E-state index in [-0.39, 0.29) is 18.8 Å². The summed E-state index contributed by atoms with van der Waals surface area (Å²) in [5, 5.41) is 9.17. The van der Waals surface area contributed by atoms with Crippen LogP contribution in [0.4, 0.5) is 0 Å². The number of benzene rings is 1. The van der Waals surface area contributed by atoms with E-state index >= 15 is 0 Å². The molecule has 106 valence electrons. The molecule has 1 rings (SSSR count). The predicted octanol–water partition coefficient (Wildman–Crippen LogP) is 0.416. The molecule has 0 bridgehead atoms. The molecular weight excluding hydrogens is 270 g/mol. The van der Waals surface area contributed by atoms with Crippen LogP contribution in [0.25, 0.3) is 0 Å². The number of nitrogens with one attached hydrogen (secondary N) is 1. The summed E-state index contributed by atoms with van der Waals surface area (Å²) in [6.07, 6.45) is 1.14. The third kappa shape index (κ3) is 5.71. The first-order valence-corrected chi connectivity index (χ1v) is 7.63. The van der Waals surface area contributed by atoms with Crippen molar-refractivity contribution in [2.45, 2.75) is 19.4 Å². The van der Waals surface area contributed by atoms with E-state index < -0.39 is 22.0 Å². The first-order valence-electron chi connectivity index (χ1n) is 5.73. The molecule has 1 aromatic rings. The van der Waals surface area contributed by atoms with E-state index in [1.807, 2.05) is 0 Å². The van der Waals surface area contributed by atoms with Crippen LogP contribution in [0.15, 0.2) is 24.3 Å². The molecule has 0 spiro atoms. The van der Waals surface area contributed by atoms with E-state index in [0.29, 0.717) is 5.56 Å². The topological polar surface area (TPSA) is 92.7 Å². The van der Waals surface area contributed by atoms with Gasteiger partial charge in [-0.1, -0.05) is 12.1 Å². The number of aromatic hydroxyl groups is 1. The van der Waals surface area contributed by atoms with Gasteiger partial charge in [-0.15, -0.1) is 0 Å². The van der Waals surface area contributed by atoms with Gasteiger partial charge in [-0.05, 0) is 31.0 Å². The molecule has 7 heteroatoms. The Kier molecular flexibility index (Phi) is 5.31. The van der Waals surface area contributed by atoms with E-state index in [2.05, 4.69) is 4.72 Å². The zero-order chi connectivity index (χ0) is 14.5. The summed E-state index contributed by atoms with van der Waals surface area (Å²) in [7, 11) is -3.52. The number of esters is 1. The molecule has 0 unspecified atom stereocenters. The fourth-order valence-corrected chi connectivity index (χ4v) is 2.24. The summed E-state index contributed by atoms with van der Waals surface area (Å²) in [5.41, 5.74) is 0.715. The minimum Gasteiger partial charge on any atom is -0.508 e. The van der Waals surface area contributed by atoms with E-state index in [4.69, 9.17) is 9.84 Å². The molecule has 0 aliphatic heterocycles. The van der Waals surface area contributed by atoms with Crippen molar-refractivity contribution < 1.29 is 23.1 Å². The third-order valence-corrected chi connectivity index (χ3v) is 3.02. The average Bonchev–Trinajstić information content (AvgIpc) is 2.30. The van der Waals surface area contributed by atoms with Crippen LogP contribution in [0.5, 0.6) is 5.75 Å². The fraction of sp³-hybridized carbons (Fsp3) is 0.417. The zero-order valence-electron chi connectivity index (χ0n) is 10.8. The SMILES string of the molecule is CCOC(=O)[C@H](Cc1ccc(O)cc1)NS(C)(=O)=O. The van der Waals surface area contributed by atoms with Crippen molar-refractivity contribution in [3.8, 4) is 5.75 Å². The lowest BCUT2D eigenvalue weighted by Gasteiger charge is -2.16. The molecule has 0 radical (unpaired) electrons. The van der Waals surface area contributed by atoms with Crippen LogP contribution in [-0.2, 0) is 26.0 Å². The smallest absolute Gasteiger partial charge is 0.324 e. The van der Waals surface area contributed by atoms with Crippen LogP contribution in [0.3, 0.4) is 0 Å². The minimum absolute atomic E-state index is 0.104. The Hall–Kier alpha value is -1.60. The van der Waals surface area contributed by atoms with Gasteiger partial charge in [0.05, 0.1) is 12.9 Å². The second-order valence-corrected chi connectivity index (χ2v) is 5.85. The van der Waals surface area contributed by atoms with Gasteiger partial charge in [0.2, 0.25) is 10.0 Å².